The van der Waals surface area contributed by atoms with Crippen LogP contribution in [0.5, 0.6) is 0 Å². The molecule has 0 aromatic carbocycles. The summed E-state index contributed by atoms with van der Waals surface area (Å²) in [5, 5.41) is 12.1. The Bertz CT molecular complexity index is 682. The second kappa shape index (κ2) is 6.63. The van der Waals surface area contributed by atoms with E-state index in [2.05, 4.69) is 32.3 Å². The fourth-order valence-corrected chi connectivity index (χ4v) is 3.43. The van der Waals surface area contributed by atoms with Crippen LogP contribution >= 0.6 is 11.3 Å². The van der Waals surface area contributed by atoms with Gasteiger partial charge < -0.3 is 9.47 Å². The monoisotopic (exact) mass is 335 g/mol. The van der Waals surface area contributed by atoms with Gasteiger partial charge in [-0.3, -0.25) is 10.2 Å². The number of carbonyl (C=O) groups excluding carboxylic acids is 1. The van der Waals surface area contributed by atoms with Crippen molar-refractivity contribution >= 4 is 22.5 Å². The average molecular weight is 335 g/mol. The number of nitrogens with zero attached hydrogens (tertiary/aromatic N) is 6. The van der Waals surface area contributed by atoms with Gasteiger partial charge in [0.25, 0.3) is 0 Å². The number of nitrogens with one attached hydrogen (secondary N) is 1. The zero-order valence-electron chi connectivity index (χ0n) is 13.6. The summed E-state index contributed by atoms with van der Waals surface area (Å²) >= 11 is 1.38. The fraction of sp³-hybridized carbons (Fsp3) is 0.571. The standard InChI is InChI=1S/C14H21N7OS/c1-4-20-7-8-21(9-11(20)12-15-5-6-19(12)3)14(22)16-13-18-17-10(2)23-13/h5-6,11H,4,7-9H2,1-3H3,(H,16,18,22)/t11-/m0/s1. The first-order chi connectivity index (χ1) is 11.1. The molecule has 0 radical (unpaired) electrons. The molecule has 1 aliphatic heterocycles. The molecule has 1 fully saturated rings. The summed E-state index contributed by atoms with van der Waals surface area (Å²) in [4.78, 5) is 21.1. The zero-order valence-corrected chi connectivity index (χ0v) is 14.4. The molecule has 0 bridgehead atoms. The molecule has 3 rings (SSSR count). The van der Waals surface area contributed by atoms with Crippen molar-refractivity contribution in [2.24, 2.45) is 7.05 Å². The van der Waals surface area contributed by atoms with Crippen LogP contribution in [0.2, 0.25) is 0 Å². The Kier molecular flexibility index (Phi) is 4.58. The number of imidazole rings is 1. The van der Waals surface area contributed by atoms with E-state index in [1.165, 1.54) is 11.3 Å². The van der Waals surface area contributed by atoms with Gasteiger partial charge in [-0.15, -0.1) is 10.2 Å². The summed E-state index contributed by atoms with van der Waals surface area (Å²) in [5.41, 5.74) is 0. The topological polar surface area (TPSA) is 79.2 Å². The number of urea groups is 1. The van der Waals surface area contributed by atoms with E-state index in [1.807, 2.05) is 29.6 Å². The number of hydrogen-bond donors (Lipinski definition) is 1. The normalized spacial score (nSPS) is 19.1. The fourth-order valence-electron chi connectivity index (χ4n) is 2.84. The van der Waals surface area contributed by atoms with Crippen molar-refractivity contribution in [3.8, 4) is 0 Å². The molecular weight excluding hydrogens is 314 g/mol. The molecule has 2 aromatic heterocycles. The molecule has 1 aliphatic rings. The molecule has 8 nitrogen and oxygen atoms in total. The summed E-state index contributed by atoms with van der Waals surface area (Å²) in [6.07, 6.45) is 3.73. The molecule has 1 atom stereocenters. The van der Waals surface area contributed by atoms with Gasteiger partial charge in [0.15, 0.2) is 0 Å². The van der Waals surface area contributed by atoms with Crippen molar-refractivity contribution in [2.75, 3.05) is 31.5 Å². The third-order valence-electron chi connectivity index (χ3n) is 4.08. The van der Waals surface area contributed by atoms with Gasteiger partial charge in [-0.05, 0) is 13.5 Å². The van der Waals surface area contributed by atoms with Crippen LogP contribution in [0.4, 0.5) is 9.93 Å². The molecule has 3 heterocycles. The van der Waals surface area contributed by atoms with Crippen LogP contribution in [0.3, 0.4) is 0 Å². The molecular formula is C14H21N7OS. The first-order valence-electron chi connectivity index (χ1n) is 7.65. The van der Waals surface area contributed by atoms with Crippen molar-refractivity contribution in [1.82, 2.24) is 29.5 Å². The van der Waals surface area contributed by atoms with Gasteiger partial charge in [-0.25, -0.2) is 9.78 Å². The number of likely N-dealkylation sites (N-methyl/N-ethyl adjacent to an activating group) is 1. The molecule has 9 heteroatoms. The first-order valence-corrected chi connectivity index (χ1v) is 8.47. The summed E-state index contributed by atoms with van der Waals surface area (Å²) in [7, 11) is 1.99. The van der Waals surface area contributed by atoms with Gasteiger partial charge in [0.05, 0.1) is 6.04 Å². The number of anilines is 1. The first kappa shape index (κ1) is 15.9. The van der Waals surface area contributed by atoms with E-state index in [9.17, 15) is 4.79 Å². The molecule has 2 aromatic rings. The van der Waals surface area contributed by atoms with Gasteiger partial charge in [0.1, 0.15) is 10.8 Å². The molecule has 1 saturated heterocycles. The minimum absolute atomic E-state index is 0.107. The highest BCUT2D eigenvalue weighted by molar-refractivity contribution is 7.15. The molecule has 0 saturated carbocycles. The van der Waals surface area contributed by atoms with E-state index >= 15 is 0 Å². The lowest BCUT2D eigenvalue weighted by Gasteiger charge is -2.40. The second-order valence-corrected chi connectivity index (χ2v) is 6.72. The van der Waals surface area contributed by atoms with E-state index in [-0.39, 0.29) is 12.1 Å². The lowest BCUT2D eigenvalue weighted by molar-refractivity contribution is 0.0927. The predicted octanol–water partition coefficient (Wildman–Crippen LogP) is 1.49. The van der Waals surface area contributed by atoms with E-state index in [4.69, 9.17) is 0 Å². The Hall–Kier alpha value is -2.00. The number of aryl methyl sites for hydroxylation is 2. The Morgan fingerprint density at radius 2 is 2.26 bits per heavy atom. The molecule has 0 spiro atoms. The Balaban J connectivity index is 1.72. The molecule has 0 aliphatic carbocycles. The van der Waals surface area contributed by atoms with E-state index in [0.717, 1.165) is 23.9 Å². The van der Waals surface area contributed by atoms with Crippen LogP contribution in [0.1, 0.15) is 23.8 Å². The summed E-state index contributed by atoms with van der Waals surface area (Å²) in [6, 6.07) is -0.0215. The highest BCUT2D eigenvalue weighted by Gasteiger charge is 2.32. The minimum atomic E-state index is -0.129. The highest BCUT2D eigenvalue weighted by atomic mass is 32.1. The average Bonchev–Trinajstić information content (AvgIpc) is 3.15. The molecule has 2 amide bonds. The number of aromatic nitrogens is 4. The number of amides is 2. The molecule has 1 N–H and O–H groups in total. The van der Waals surface area contributed by atoms with Gasteiger partial charge in [-0.1, -0.05) is 18.3 Å². The van der Waals surface area contributed by atoms with E-state index < -0.39 is 0 Å². The Morgan fingerprint density at radius 1 is 1.43 bits per heavy atom. The third-order valence-corrected chi connectivity index (χ3v) is 4.84. The maximum Gasteiger partial charge on any atom is 0.323 e. The SMILES string of the molecule is CCN1CCN(C(=O)Nc2nnc(C)s2)C[C@H]1c1nccn1C. The Labute approximate surface area is 139 Å². The van der Waals surface area contributed by atoms with Crippen LogP contribution in [-0.4, -0.2) is 61.8 Å². The van der Waals surface area contributed by atoms with E-state index in [0.29, 0.717) is 18.2 Å². The quantitative estimate of drug-likeness (QED) is 0.919. The summed E-state index contributed by atoms with van der Waals surface area (Å²) in [5.74, 6) is 0.983. The van der Waals surface area contributed by atoms with Crippen molar-refractivity contribution in [3.05, 3.63) is 23.2 Å². The summed E-state index contributed by atoms with van der Waals surface area (Å²) in [6.45, 7) is 7.07. The van der Waals surface area contributed by atoms with Crippen molar-refractivity contribution in [2.45, 2.75) is 19.9 Å². The lowest BCUT2D eigenvalue weighted by atomic mass is 10.1. The maximum absolute atomic E-state index is 12.5. The van der Waals surface area contributed by atoms with Gasteiger partial charge >= 0.3 is 6.03 Å². The van der Waals surface area contributed by atoms with E-state index in [1.54, 1.807) is 6.20 Å². The second-order valence-electron chi connectivity index (χ2n) is 5.54. The summed E-state index contributed by atoms with van der Waals surface area (Å²) < 4.78 is 2.02. The minimum Gasteiger partial charge on any atom is -0.337 e. The number of rotatable bonds is 3. The van der Waals surface area contributed by atoms with Crippen molar-refractivity contribution < 1.29 is 4.79 Å². The smallest absolute Gasteiger partial charge is 0.323 e. The zero-order chi connectivity index (χ0) is 16.4. The number of piperazine rings is 1. The highest BCUT2D eigenvalue weighted by Crippen LogP contribution is 2.24. The van der Waals surface area contributed by atoms with Crippen LogP contribution in [0.15, 0.2) is 12.4 Å². The lowest BCUT2D eigenvalue weighted by Crippen LogP contribution is -2.52. The van der Waals surface area contributed by atoms with Crippen LogP contribution < -0.4 is 5.32 Å². The largest absolute Gasteiger partial charge is 0.337 e. The third kappa shape index (κ3) is 3.35. The van der Waals surface area contributed by atoms with Crippen LogP contribution in [-0.2, 0) is 7.05 Å². The number of carbonyl (C=O) groups is 1. The molecule has 124 valence electrons. The van der Waals surface area contributed by atoms with Crippen LogP contribution in [0.25, 0.3) is 0 Å². The van der Waals surface area contributed by atoms with Crippen molar-refractivity contribution in [1.29, 1.82) is 0 Å². The number of hydrogen-bond acceptors (Lipinski definition) is 6. The van der Waals surface area contributed by atoms with Gasteiger partial charge in [0, 0.05) is 39.1 Å². The van der Waals surface area contributed by atoms with Gasteiger partial charge in [0.2, 0.25) is 5.13 Å². The predicted molar refractivity (Wildman–Crippen MR) is 88.4 cm³/mol. The molecule has 23 heavy (non-hydrogen) atoms. The Morgan fingerprint density at radius 3 is 2.87 bits per heavy atom. The van der Waals surface area contributed by atoms with Crippen molar-refractivity contribution in [3.63, 3.8) is 0 Å². The van der Waals surface area contributed by atoms with Crippen LogP contribution in [0, 0.1) is 6.92 Å². The van der Waals surface area contributed by atoms with Gasteiger partial charge in [-0.2, -0.15) is 0 Å². The maximum atomic E-state index is 12.5. The molecule has 0 unspecified atom stereocenters.